The Balaban J connectivity index is 1.93. The van der Waals surface area contributed by atoms with Crippen molar-refractivity contribution in [3.05, 3.63) is 52.7 Å². The van der Waals surface area contributed by atoms with Crippen LogP contribution in [0.15, 0.2) is 33.7 Å². The molecule has 0 saturated heterocycles. The minimum absolute atomic E-state index is 0.517. The second kappa shape index (κ2) is 10.7. The third-order valence-electron chi connectivity index (χ3n) is 4.57. The summed E-state index contributed by atoms with van der Waals surface area (Å²) in [7, 11) is 0. The summed E-state index contributed by atoms with van der Waals surface area (Å²) >= 11 is 0. The molecule has 0 fully saturated rings. The summed E-state index contributed by atoms with van der Waals surface area (Å²) in [5.41, 5.74) is 3.46. The molecule has 2 N–H and O–H groups in total. The van der Waals surface area contributed by atoms with Crippen molar-refractivity contribution < 1.29 is 4.42 Å². The van der Waals surface area contributed by atoms with Gasteiger partial charge in [0.15, 0.2) is 5.96 Å². The molecule has 1 aromatic heterocycles. The Morgan fingerprint density at radius 1 is 1.04 bits per heavy atom. The molecule has 0 unspecified atom stereocenters. The molecule has 0 atom stereocenters. The van der Waals surface area contributed by atoms with Crippen molar-refractivity contribution >= 4 is 5.96 Å². The van der Waals surface area contributed by atoms with Gasteiger partial charge in [-0.2, -0.15) is 0 Å². The Hall–Kier alpha value is -2.34. The van der Waals surface area contributed by atoms with Crippen LogP contribution in [0.2, 0.25) is 0 Å². The molecule has 1 heterocycles. The predicted octanol–water partition coefficient (Wildman–Crippen LogP) is 3.39. The number of hydrogen-bond donors (Lipinski definition) is 2. The Kier molecular flexibility index (Phi) is 8.33. The lowest BCUT2D eigenvalue weighted by Crippen LogP contribution is -2.36. The zero-order chi connectivity index (χ0) is 19.6. The summed E-state index contributed by atoms with van der Waals surface area (Å²) in [6.07, 6.45) is 0. The van der Waals surface area contributed by atoms with Crippen LogP contribution in [0.25, 0.3) is 0 Å². The summed E-state index contributed by atoms with van der Waals surface area (Å²) in [5, 5.41) is 6.54. The lowest BCUT2D eigenvalue weighted by molar-refractivity contribution is 0.296. The molecule has 6 heteroatoms. The molecule has 0 aliphatic rings. The van der Waals surface area contributed by atoms with E-state index in [0.29, 0.717) is 19.0 Å². The quantitative estimate of drug-likeness (QED) is 0.522. The summed E-state index contributed by atoms with van der Waals surface area (Å²) in [6, 6.07) is 8.71. The smallest absolute Gasteiger partial charge is 0.214 e. The summed E-state index contributed by atoms with van der Waals surface area (Å²) < 4.78 is 5.61. The number of benzene rings is 1. The van der Waals surface area contributed by atoms with Crippen molar-refractivity contribution in [2.45, 2.75) is 54.3 Å². The Morgan fingerprint density at radius 2 is 1.70 bits per heavy atom. The molecule has 6 nitrogen and oxygen atoms in total. The highest BCUT2D eigenvalue weighted by atomic mass is 16.4. The zero-order valence-corrected chi connectivity index (χ0v) is 17.3. The van der Waals surface area contributed by atoms with Gasteiger partial charge in [0, 0.05) is 13.1 Å². The molecule has 2 aromatic rings. The van der Waals surface area contributed by atoms with E-state index < -0.39 is 0 Å². The fourth-order valence-corrected chi connectivity index (χ4v) is 2.74. The van der Waals surface area contributed by atoms with E-state index in [2.05, 4.69) is 70.5 Å². The minimum Gasteiger partial charge on any atom is -0.444 e. The van der Waals surface area contributed by atoms with Crippen LogP contribution >= 0.6 is 0 Å². The second-order valence-corrected chi connectivity index (χ2v) is 6.58. The van der Waals surface area contributed by atoms with E-state index in [9.17, 15) is 0 Å². The van der Waals surface area contributed by atoms with Gasteiger partial charge in [-0.3, -0.25) is 4.90 Å². The molecule has 0 bridgehead atoms. The molecular weight excluding hydrogens is 338 g/mol. The highest BCUT2D eigenvalue weighted by Gasteiger charge is 2.06. The average Bonchev–Trinajstić information content (AvgIpc) is 3.00. The van der Waals surface area contributed by atoms with Crippen molar-refractivity contribution in [3.63, 3.8) is 0 Å². The van der Waals surface area contributed by atoms with E-state index in [1.165, 1.54) is 11.1 Å². The van der Waals surface area contributed by atoms with Crippen LogP contribution in [-0.4, -0.2) is 35.5 Å². The van der Waals surface area contributed by atoms with Gasteiger partial charge in [-0.15, -0.1) is 0 Å². The molecule has 2 rings (SSSR count). The lowest BCUT2D eigenvalue weighted by Gasteiger charge is -2.18. The minimum atomic E-state index is 0.517. The fourth-order valence-electron chi connectivity index (χ4n) is 2.74. The fraction of sp³-hybridized carbons (Fsp3) is 0.524. The van der Waals surface area contributed by atoms with E-state index in [-0.39, 0.29) is 0 Å². The van der Waals surface area contributed by atoms with Crippen LogP contribution in [0.3, 0.4) is 0 Å². The maximum atomic E-state index is 5.61. The van der Waals surface area contributed by atoms with Gasteiger partial charge >= 0.3 is 0 Å². The van der Waals surface area contributed by atoms with Gasteiger partial charge in [-0.05, 0) is 45.0 Å². The second-order valence-electron chi connectivity index (χ2n) is 6.58. The third kappa shape index (κ3) is 6.71. The van der Waals surface area contributed by atoms with Crippen LogP contribution in [0.4, 0.5) is 0 Å². The van der Waals surface area contributed by atoms with Gasteiger partial charge in [0.05, 0.1) is 18.8 Å². The van der Waals surface area contributed by atoms with Crippen molar-refractivity contribution in [1.29, 1.82) is 0 Å². The summed E-state index contributed by atoms with van der Waals surface area (Å²) in [5.74, 6) is 2.30. The lowest BCUT2D eigenvalue weighted by atomic mass is 10.1. The first-order valence-corrected chi connectivity index (χ1v) is 9.80. The van der Waals surface area contributed by atoms with Gasteiger partial charge in [0.2, 0.25) is 5.89 Å². The van der Waals surface area contributed by atoms with E-state index in [1.807, 2.05) is 13.8 Å². The molecule has 0 radical (unpaired) electrons. The first kappa shape index (κ1) is 21.0. The van der Waals surface area contributed by atoms with Gasteiger partial charge in [0.25, 0.3) is 0 Å². The highest BCUT2D eigenvalue weighted by Crippen LogP contribution is 2.09. The standard InChI is InChI=1S/C21H33N5O/c1-6-22-21(24-14-20-25-16(4)17(5)27-20)23-13-18-9-11-19(12-10-18)15-26(7-2)8-3/h9-12H,6-8,13-15H2,1-5H3,(H2,22,23,24). The topological polar surface area (TPSA) is 65.7 Å². The number of nitrogens with zero attached hydrogens (tertiary/aromatic N) is 3. The highest BCUT2D eigenvalue weighted by molar-refractivity contribution is 5.79. The number of nitrogens with one attached hydrogen (secondary N) is 2. The van der Waals surface area contributed by atoms with E-state index in [4.69, 9.17) is 4.42 Å². The Labute approximate surface area is 163 Å². The van der Waals surface area contributed by atoms with Gasteiger partial charge in [-0.1, -0.05) is 38.1 Å². The SMILES string of the molecule is CCNC(=NCc1ccc(CN(CC)CC)cc1)NCc1nc(C)c(C)o1. The first-order chi connectivity index (χ1) is 13.0. The maximum Gasteiger partial charge on any atom is 0.214 e. The maximum absolute atomic E-state index is 5.61. The van der Waals surface area contributed by atoms with Gasteiger partial charge in [-0.25, -0.2) is 9.98 Å². The Morgan fingerprint density at radius 3 is 2.26 bits per heavy atom. The molecule has 148 valence electrons. The van der Waals surface area contributed by atoms with Crippen molar-refractivity contribution in [2.24, 2.45) is 4.99 Å². The molecule has 0 saturated carbocycles. The largest absolute Gasteiger partial charge is 0.444 e. The molecule has 0 aliphatic carbocycles. The first-order valence-electron chi connectivity index (χ1n) is 9.80. The molecule has 0 spiro atoms. The van der Waals surface area contributed by atoms with E-state index >= 15 is 0 Å². The Bertz CT molecular complexity index is 697. The van der Waals surface area contributed by atoms with Crippen molar-refractivity contribution in [2.75, 3.05) is 19.6 Å². The van der Waals surface area contributed by atoms with Crippen LogP contribution in [-0.2, 0) is 19.6 Å². The number of hydrogen-bond acceptors (Lipinski definition) is 4. The van der Waals surface area contributed by atoms with Crippen LogP contribution in [0, 0.1) is 13.8 Å². The molecule has 0 amide bonds. The van der Waals surface area contributed by atoms with Gasteiger partial charge < -0.3 is 15.1 Å². The number of rotatable bonds is 9. The normalized spacial score (nSPS) is 11.9. The third-order valence-corrected chi connectivity index (χ3v) is 4.57. The van der Waals surface area contributed by atoms with Crippen LogP contribution in [0.1, 0.15) is 49.2 Å². The van der Waals surface area contributed by atoms with Crippen LogP contribution < -0.4 is 10.6 Å². The number of guanidine groups is 1. The number of oxazole rings is 1. The molecule has 1 aromatic carbocycles. The van der Waals surface area contributed by atoms with Crippen molar-refractivity contribution in [1.82, 2.24) is 20.5 Å². The van der Waals surface area contributed by atoms with E-state index in [0.717, 1.165) is 43.6 Å². The summed E-state index contributed by atoms with van der Waals surface area (Å²) in [4.78, 5) is 11.5. The number of aromatic nitrogens is 1. The average molecular weight is 372 g/mol. The molecule has 27 heavy (non-hydrogen) atoms. The van der Waals surface area contributed by atoms with Gasteiger partial charge in [0.1, 0.15) is 5.76 Å². The zero-order valence-electron chi connectivity index (χ0n) is 17.3. The molecular formula is C21H33N5O. The van der Waals surface area contributed by atoms with E-state index in [1.54, 1.807) is 0 Å². The van der Waals surface area contributed by atoms with Crippen molar-refractivity contribution in [3.8, 4) is 0 Å². The monoisotopic (exact) mass is 371 g/mol. The van der Waals surface area contributed by atoms with Crippen LogP contribution in [0.5, 0.6) is 0 Å². The number of aryl methyl sites for hydroxylation is 2. The number of aliphatic imine (C=N–C) groups is 1. The summed E-state index contributed by atoms with van der Waals surface area (Å²) in [6.45, 7) is 15.4. The predicted molar refractivity (Wildman–Crippen MR) is 111 cm³/mol. The molecule has 0 aliphatic heterocycles.